The number of aromatic nitrogens is 3. The number of likely N-dealkylation sites (tertiary alicyclic amines) is 1. The summed E-state index contributed by atoms with van der Waals surface area (Å²) >= 11 is 0. The summed E-state index contributed by atoms with van der Waals surface area (Å²) in [5, 5.41) is 28.2. The van der Waals surface area contributed by atoms with Gasteiger partial charge in [-0.2, -0.15) is 5.10 Å². The van der Waals surface area contributed by atoms with Gasteiger partial charge in [-0.25, -0.2) is 0 Å². The quantitative estimate of drug-likeness (QED) is 0.390. The van der Waals surface area contributed by atoms with Gasteiger partial charge in [0.25, 0.3) is 0 Å². The Morgan fingerprint density at radius 1 is 1.31 bits per heavy atom. The van der Waals surface area contributed by atoms with Gasteiger partial charge in [0.15, 0.2) is 0 Å². The second kappa shape index (κ2) is 12.0. The first-order valence-corrected chi connectivity index (χ1v) is 12.5. The van der Waals surface area contributed by atoms with Gasteiger partial charge in [0.05, 0.1) is 37.0 Å². The number of carboxylic acids is 1. The highest BCUT2D eigenvalue weighted by atomic mass is 16.5. The molecule has 0 amide bonds. The Balaban J connectivity index is 1.40. The van der Waals surface area contributed by atoms with Crippen LogP contribution in [0.15, 0.2) is 36.7 Å². The average molecular weight is 491 g/mol. The number of H-pyrrole nitrogens is 1. The zero-order chi connectivity index (χ0) is 25.5. The van der Waals surface area contributed by atoms with Crippen LogP contribution in [0, 0.1) is 30.6 Å². The lowest BCUT2D eigenvalue weighted by molar-refractivity contribution is -0.137. The number of piperidine rings is 1. The van der Waals surface area contributed by atoms with E-state index in [1.54, 1.807) is 19.5 Å². The predicted molar refractivity (Wildman–Crippen MR) is 138 cm³/mol. The number of methoxy groups -OCH3 is 1. The largest absolute Gasteiger partial charge is 0.497 e. The van der Waals surface area contributed by atoms with Crippen LogP contribution in [0.4, 0.5) is 0 Å². The van der Waals surface area contributed by atoms with Gasteiger partial charge in [-0.1, -0.05) is 11.8 Å². The lowest BCUT2D eigenvalue weighted by Crippen LogP contribution is -2.41. The number of rotatable bonds is 9. The Bertz CT molecular complexity index is 1250. The first-order chi connectivity index (χ1) is 17.4. The number of nitrogens with one attached hydrogen (secondary N) is 1. The average Bonchev–Trinajstić information content (AvgIpc) is 3.30. The maximum absolute atomic E-state index is 11.3. The van der Waals surface area contributed by atoms with Crippen molar-refractivity contribution in [2.45, 2.75) is 45.1 Å². The van der Waals surface area contributed by atoms with E-state index in [-0.39, 0.29) is 12.3 Å². The molecular formula is C28H34N4O4. The van der Waals surface area contributed by atoms with E-state index in [0.29, 0.717) is 25.3 Å². The van der Waals surface area contributed by atoms with Gasteiger partial charge in [0.2, 0.25) is 0 Å². The van der Waals surface area contributed by atoms with Crippen molar-refractivity contribution >= 4 is 16.9 Å². The molecule has 1 aromatic carbocycles. The van der Waals surface area contributed by atoms with Crippen LogP contribution >= 0.6 is 0 Å². The Morgan fingerprint density at radius 3 is 2.92 bits per heavy atom. The summed E-state index contributed by atoms with van der Waals surface area (Å²) in [5.41, 5.74) is 3.54. The fourth-order valence-corrected chi connectivity index (χ4v) is 5.13. The first kappa shape index (κ1) is 25.7. The lowest BCUT2D eigenvalue weighted by Gasteiger charge is -2.38. The SMILES string of the molecule is COc1ccc2nccc([C@@H](O)CCC3CCN(CC#Cc4cn[nH]c4C)CC3CCC(=O)O)c2c1. The van der Waals surface area contributed by atoms with Crippen LogP contribution in [0.3, 0.4) is 0 Å². The summed E-state index contributed by atoms with van der Waals surface area (Å²) in [4.78, 5) is 18.0. The molecule has 1 aliphatic rings. The molecule has 1 aliphatic heterocycles. The summed E-state index contributed by atoms with van der Waals surface area (Å²) in [6.07, 6.45) is 6.06. The minimum Gasteiger partial charge on any atom is -0.497 e. The number of aliphatic hydroxyl groups excluding tert-OH is 1. The third-order valence-electron chi connectivity index (χ3n) is 7.21. The molecule has 3 atom stereocenters. The lowest BCUT2D eigenvalue weighted by atomic mass is 9.79. The normalized spacial score (nSPS) is 19.0. The maximum Gasteiger partial charge on any atom is 0.303 e. The highest BCUT2D eigenvalue weighted by molar-refractivity contribution is 5.83. The summed E-state index contributed by atoms with van der Waals surface area (Å²) < 4.78 is 5.36. The molecular weight excluding hydrogens is 456 g/mol. The number of aliphatic carboxylic acids is 1. The highest BCUT2D eigenvalue weighted by Crippen LogP contribution is 2.35. The van der Waals surface area contributed by atoms with Crippen molar-refractivity contribution in [3.63, 3.8) is 0 Å². The van der Waals surface area contributed by atoms with Crippen molar-refractivity contribution in [2.24, 2.45) is 11.8 Å². The number of hydrogen-bond donors (Lipinski definition) is 3. The van der Waals surface area contributed by atoms with Crippen molar-refractivity contribution in [1.82, 2.24) is 20.1 Å². The second-order valence-corrected chi connectivity index (χ2v) is 9.56. The van der Waals surface area contributed by atoms with Gasteiger partial charge >= 0.3 is 5.97 Å². The molecule has 8 heteroatoms. The minimum absolute atomic E-state index is 0.159. The topological polar surface area (TPSA) is 112 Å². The van der Waals surface area contributed by atoms with Crippen molar-refractivity contribution in [2.75, 3.05) is 26.7 Å². The number of aliphatic hydroxyl groups is 1. The number of aryl methyl sites for hydroxylation is 1. The molecule has 2 aromatic heterocycles. The summed E-state index contributed by atoms with van der Waals surface area (Å²) in [5.74, 6) is 7.00. The Hall–Kier alpha value is -3.41. The number of pyridine rings is 1. The number of carboxylic acid groups (broad SMARTS) is 1. The van der Waals surface area contributed by atoms with Crippen LogP contribution in [0.5, 0.6) is 5.75 Å². The Labute approximate surface area is 211 Å². The van der Waals surface area contributed by atoms with Crippen molar-refractivity contribution in [1.29, 1.82) is 0 Å². The number of hydrogen-bond acceptors (Lipinski definition) is 6. The number of ether oxygens (including phenoxy) is 1. The predicted octanol–water partition coefficient (Wildman–Crippen LogP) is 3.94. The van der Waals surface area contributed by atoms with E-state index < -0.39 is 12.1 Å². The Morgan fingerprint density at radius 2 is 2.17 bits per heavy atom. The van der Waals surface area contributed by atoms with Crippen LogP contribution in [-0.2, 0) is 4.79 Å². The van der Waals surface area contributed by atoms with Gasteiger partial charge in [-0.05, 0) is 80.8 Å². The monoisotopic (exact) mass is 490 g/mol. The van der Waals surface area contributed by atoms with Crippen LogP contribution in [0.25, 0.3) is 10.9 Å². The van der Waals surface area contributed by atoms with E-state index in [9.17, 15) is 15.0 Å². The van der Waals surface area contributed by atoms with Crippen molar-refractivity contribution in [3.05, 3.63) is 53.5 Å². The molecule has 4 rings (SSSR count). The molecule has 8 nitrogen and oxygen atoms in total. The van der Waals surface area contributed by atoms with Crippen LogP contribution in [0.1, 0.15) is 55.0 Å². The molecule has 190 valence electrons. The van der Waals surface area contributed by atoms with E-state index in [1.165, 1.54) is 0 Å². The molecule has 1 fully saturated rings. The van der Waals surface area contributed by atoms with Gasteiger partial charge in [0.1, 0.15) is 5.75 Å². The van der Waals surface area contributed by atoms with E-state index in [1.807, 2.05) is 31.2 Å². The van der Waals surface area contributed by atoms with Gasteiger partial charge in [-0.3, -0.25) is 19.8 Å². The number of nitrogens with zero attached hydrogens (tertiary/aromatic N) is 3. The van der Waals surface area contributed by atoms with E-state index in [4.69, 9.17) is 4.74 Å². The summed E-state index contributed by atoms with van der Waals surface area (Å²) in [6, 6.07) is 7.56. The molecule has 3 heterocycles. The number of benzene rings is 1. The minimum atomic E-state index is -0.765. The molecule has 0 spiro atoms. The third kappa shape index (κ3) is 6.42. The van der Waals surface area contributed by atoms with Crippen LogP contribution in [-0.4, -0.2) is 63.0 Å². The number of aromatic amines is 1. The Kier molecular flexibility index (Phi) is 8.57. The molecule has 0 aliphatic carbocycles. The molecule has 36 heavy (non-hydrogen) atoms. The molecule has 1 saturated heterocycles. The van der Waals surface area contributed by atoms with E-state index >= 15 is 0 Å². The van der Waals surface area contributed by atoms with E-state index in [0.717, 1.165) is 59.4 Å². The number of carbonyl (C=O) groups is 1. The highest BCUT2D eigenvalue weighted by Gasteiger charge is 2.30. The fraction of sp³-hybridized carbons (Fsp3) is 0.464. The number of fused-ring (bicyclic) bond motifs is 1. The zero-order valence-electron chi connectivity index (χ0n) is 20.9. The van der Waals surface area contributed by atoms with Crippen LogP contribution in [0.2, 0.25) is 0 Å². The molecule has 3 aromatic rings. The van der Waals surface area contributed by atoms with Gasteiger partial charge < -0.3 is 14.9 Å². The molecule has 0 saturated carbocycles. The standard InChI is InChI=1S/C28H34N4O4/c1-19-21(17-30-31-19)4-3-14-32-15-12-20(22(18-32)6-10-28(34)35)5-9-27(33)24-11-13-29-26-8-7-23(36-2)16-25(24)26/h7-8,11,13,16-17,20,22,27,33H,5-6,9-10,12,14-15,18H2,1-2H3,(H,30,31)(H,34,35)/t20?,22?,27-/m0/s1. The van der Waals surface area contributed by atoms with Crippen molar-refractivity contribution in [3.8, 4) is 17.6 Å². The van der Waals surface area contributed by atoms with Crippen molar-refractivity contribution < 1.29 is 19.7 Å². The smallest absolute Gasteiger partial charge is 0.303 e. The molecule has 0 bridgehead atoms. The maximum atomic E-state index is 11.3. The summed E-state index contributed by atoms with van der Waals surface area (Å²) in [6.45, 7) is 4.33. The van der Waals surface area contributed by atoms with Crippen LogP contribution < -0.4 is 4.74 Å². The molecule has 2 unspecified atom stereocenters. The first-order valence-electron chi connectivity index (χ1n) is 12.5. The third-order valence-corrected chi connectivity index (χ3v) is 7.21. The second-order valence-electron chi connectivity index (χ2n) is 9.56. The fourth-order valence-electron chi connectivity index (χ4n) is 5.13. The molecule has 0 radical (unpaired) electrons. The van der Waals surface area contributed by atoms with Gasteiger partial charge in [-0.15, -0.1) is 0 Å². The zero-order valence-corrected chi connectivity index (χ0v) is 20.9. The molecule has 3 N–H and O–H groups in total. The van der Waals surface area contributed by atoms with E-state index in [2.05, 4.69) is 31.9 Å². The van der Waals surface area contributed by atoms with Gasteiger partial charge in [0, 0.05) is 30.2 Å². The summed E-state index contributed by atoms with van der Waals surface area (Å²) in [7, 11) is 1.63.